The molecule has 8 nitrogen and oxygen atoms in total. The van der Waals surface area contributed by atoms with Crippen molar-refractivity contribution in [2.75, 3.05) is 6.61 Å². The zero-order valence-electron chi connectivity index (χ0n) is 20.5. The van der Waals surface area contributed by atoms with Crippen molar-refractivity contribution in [1.29, 1.82) is 0 Å². The maximum Gasteiger partial charge on any atom is 0.337 e. The number of nitro benzene ring substituents is 1. The van der Waals surface area contributed by atoms with Gasteiger partial charge in [-0.15, -0.1) is 0 Å². The average molecular weight is 487 g/mol. The molecule has 4 aromatic rings. The fraction of sp³-hybridized carbons (Fsp3) is 0.286. The first kappa shape index (κ1) is 23.7. The van der Waals surface area contributed by atoms with Crippen LogP contribution in [0.25, 0.3) is 32.8 Å². The topological polar surface area (TPSA) is 112 Å². The molecule has 0 amide bonds. The van der Waals surface area contributed by atoms with Gasteiger partial charge in [-0.05, 0) is 68.5 Å². The summed E-state index contributed by atoms with van der Waals surface area (Å²) in [6.07, 6.45) is 1.02. The Kier molecular flexibility index (Phi) is 5.64. The third-order valence-electron chi connectivity index (χ3n) is 6.46. The molecule has 0 radical (unpaired) electrons. The molecule has 2 heterocycles. The van der Waals surface area contributed by atoms with E-state index in [4.69, 9.17) is 9.47 Å². The number of hydrogen-bond donors (Lipinski definition) is 1. The SMILES string of the molecule is Cc1c(C(OC(C)(C)C)C(=O)O)c(-c2ccc3c4c(ccnc24)CCO3)c2ccccc2c1[N+](=O)[O-]. The third kappa shape index (κ3) is 3.83. The molecule has 184 valence electrons. The van der Waals surface area contributed by atoms with E-state index < -0.39 is 22.6 Å². The molecule has 1 aliphatic rings. The maximum absolute atomic E-state index is 12.6. The van der Waals surface area contributed by atoms with Gasteiger partial charge in [-0.1, -0.05) is 18.2 Å². The summed E-state index contributed by atoms with van der Waals surface area (Å²) < 4.78 is 11.9. The van der Waals surface area contributed by atoms with Gasteiger partial charge in [-0.3, -0.25) is 15.1 Å². The van der Waals surface area contributed by atoms with Crippen molar-refractivity contribution in [3.8, 4) is 16.9 Å². The summed E-state index contributed by atoms with van der Waals surface area (Å²) in [7, 11) is 0. The van der Waals surface area contributed by atoms with Crippen LogP contribution in [-0.4, -0.2) is 33.2 Å². The molecular weight excluding hydrogens is 460 g/mol. The monoisotopic (exact) mass is 486 g/mol. The van der Waals surface area contributed by atoms with Crippen LogP contribution in [-0.2, 0) is 16.0 Å². The van der Waals surface area contributed by atoms with Gasteiger partial charge in [0, 0.05) is 34.7 Å². The van der Waals surface area contributed by atoms with Gasteiger partial charge in [0.2, 0.25) is 0 Å². The zero-order chi connectivity index (χ0) is 25.8. The second kappa shape index (κ2) is 8.57. The number of ether oxygens (including phenoxy) is 2. The van der Waals surface area contributed by atoms with E-state index in [9.17, 15) is 20.0 Å². The first-order valence-corrected chi connectivity index (χ1v) is 11.7. The largest absolute Gasteiger partial charge is 0.493 e. The van der Waals surface area contributed by atoms with E-state index in [1.54, 1.807) is 58.2 Å². The molecule has 0 aliphatic carbocycles. The maximum atomic E-state index is 12.6. The molecular formula is C28H26N2O6. The van der Waals surface area contributed by atoms with Gasteiger partial charge in [0.25, 0.3) is 5.69 Å². The van der Waals surface area contributed by atoms with Crippen LogP contribution in [0, 0.1) is 17.0 Å². The first-order chi connectivity index (χ1) is 17.1. The molecule has 1 N–H and O–H groups in total. The van der Waals surface area contributed by atoms with Crippen LogP contribution in [0.3, 0.4) is 0 Å². The second-order valence-corrected chi connectivity index (χ2v) is 9.92. The number of benzene rings is 3. The molecule has 5 rings (SSSR count). The van der Waals surface area contributed by atoms with Crippen molar-refractivity contribution >= 4 is 33.3 Å². The summed E-state index contributed by atoms with van der Waals surface area (Å²) in [4.78, 5) is 29.1. The molecule has 36 heavy (non-hydrogen) atoms. The minimum Gasteiger partial charge on any atom is -0.493 e. The van der Waals surface area contributed by atoms with Crippen LogP contribution in [0.4, 0.5) is 5.69 Å². The van der Waals surface area contributed by atoms with E-state index in [1.807, 2.05) is 18.2 Å². The molecule has 0 saturated carbocycles. The highest BCUT2D eigenvalue weighted by molar-refractivity contribution is 6.11. The molecule has 0 bridgehead atoms. The predicted octanol–water partition coefficient (Wildman–Crippen LogP) is 6.15. The molecule has 1 aromatic heterocycles. The summed E-state index contributed by atoms with van der Waals surface area (Å²) in [6, 6.07) is 12.7. The minimum absolute atomic E-state index is 0.132. The van der Waals surface area contributed by atoms with Crippen molar-refractivity contribution in [3.63, 3.8) is 0 Å². The van der Waals surface area contributed by atoms with E-state index in [0.29, 0.717) is 39.8 Å². The lowest BCUT2D eigenvalue weighted by atomic mass is 9.84. The second-order valence-electron chi connectivity index (χ2n) is 9.92. The lowest BCUT2D eigenvalue weighted by Gasteiger charge is -2.29. The predicted molar refractivity (Wildman–Crippen MR) is 136 cm³/mol. The average Bonchev–Trinajstić information content (AvgIpc) is 2.82. The van der Waals surface area contributed by atoms with Crippen molar-refractivity contribution < 1.29 is 24.3 Å². The zero-order valence-corrected chi connectivity index (χ0v) is 20.5. The van der Waals surface area contributed by atoms with Gasteiger partial charge >= 0.3 is 5.97 Å². The molecule has 1 atom stereocenters. The fourth-order valence-electron chi connectivity index (χ4n) is 5.11. The Morgan fingerprint density at radius 1 is 1.17 bits per heavy atom. The summed E-state index contributed by atoms with van der Waals surface area (Å²) in [6.45, 7) is 7.43. The quantitative estimate of drug-likeness (QED) is 0.266. The van der Waals surface area contributed by atoms with Gasteiger partial charge in [-0.2, -0.15) is 0 Å². The molecule has 0 fully saturated rings. The minimum atomic E-state index is -1.44. The van der Waals surface area contributed by atoms with E-state index >= 15 is 0 Å². The van der Waals surface area contributed by atoms with Crippen LogP contribution >= 0.6 is 0 Å². The highest BCUT2D eigenvalue weighted by atomic mass is 16.6. The number of aliphatic carboxylic acids is 1. The third-order valence-corrected chi connectivity index (χ3v) is 6.46. The van der Waals surface area contributed by atoms with E-state index in [1.165, 1.54) is 0 Å². The fourth-order valence-corrected chi connectivity index (χ4v) is 5.11. The van der Waals surface area contributed by atoms with Crippen LogP contribution in [0.1, 0.15) is 43.6 Å². The molecule has 0 spiro atoms. The Balaban J connectivity index is 1.98. The summed E-state index contributed by atoms with van der Waals surface area (Å²) in [5.41, 5.74) is 2.54. The molecule has 3 aromatic carbocycles. The number of carboxylic acids is 1. The van der Waals surface area contributed by atoms with Crippen LogP contribution in [0.5, 0.6) is 5.75 Å². The number of fused-ring (bicyclic) bond motifs is 1. The van der Waals surface area contributed by atoms with Crippen molar-refractivity contribution in [2.24, 2.45) is 0 Å². The first-order valence-electron chi connectivity index (χ1n) is 11.7. The van der Waals surface area contributed by atoms with Crippen molar-refractivity contribution in [2.45, 2.75) is 45.8 Å². The molecule has 1 unspecified atom stereocenters. The van der Waals surface area contributed by atoms with Crippen molar-refractivity contribution in [1.82, 2.24) is 4.98 Å². The number of hydrogen-bond acceptors (Lipinski definition) is 6. The smallest absolute Gasteiger partial charge is 0.337 e. The Labute approximate surface area is 207 Å². The van der Waals surface area contributed by atoms with Crippen LogP contribution in [0.15, 0.2) is 48.7 Å². The number of carbonyl (C=O) groups is 1. The Bertz CT molecular complexity index is 1540. The van der Waals surface area contributed by atoms with E-state index in [2.05, 4.69) is 4.98 Å². The normalized spacial score (nSPS) is 14.0. The summed E-state index contributed by atoms with van der Waals surface area (Å²) in [5, 5.41) is 24.4. The summed E-state index contributed by atoms with van der Waals surface area (Å²) >= 11 is 0. The number of nitro groups is 1. The van der Waals surface area contributed by atoms with Gasteiger partial charge in [0.05, 0.1) is 28.0 Å². The van der Waals surface area contributed by atoms with Gasteiger partial charge in [0.15, 0.2) is 6.10 Å². The molecule has 1 aliphatic heterocycles. The Morgan fingerprint density at radius 3 is 2.56 bits per heavy atom. The number of carboxylic acid groups (broad SMARTS) is 1. The van der Waals surface area contributed by atoms with Crippen LogP contribution < -0.4 is 4.74 Å². The number of aromatic nitrogens is 1. The van der Waals surface area contributed by atoms with Gasteiger partial charge in [0.1, 0.15) is 5.75 Å². The van der Waals surface area contributed by atoms with Crippen LogP contribution in [0.2, 0.25) is 0 Å². The number of nitrogens with zero attached hydrogens (tertiary/aromatic N) is 2. The molecule has 8 heteroatoms. The lowest BCUT2D eigenvalue weighted by Crippen LogP contribution is -2.28. The van der Waals surface area contributed by atoms with E-state index in [-0.39, 0.29) is 16.8 Å². The Morgan fingerprint density at radius 2 is 1.89 bits per heavy atom. The number of pyridine rings is 1. The van der Waals surface area contributed by atoms with E-state index in [0.717, 1.165) is 17.4 Å². The highest BCUT2D eigenvalue weighted by Gasteiger charge is 2.36. The number of rotatable bonds is 5. The summed E-state index contributed by atoms with van der Waals surface area (Å²) in [5.74, 6) is -0.508. The van der Waals surface area contributed by atoms with Gasteiger partial charge in [-0.25, -0.2) is 4.79 Å². The molecule has 0 saturated heterocycles. The van der Waals surface area contributed by atoms with Crippen molar-refractivity contribution in [3.05, 3.63) is 75.5 Å². The lowest BCUT2D eigenvalue weighted by molar-refractivity contribution is -0.383. The standard InChI is InChI=1S/C28H26N2O6/c1-15-21(26(27(31)32)36-28(2,3)4)23(17-7-5-6-8-18(17)25(15)30(33)34)19-9-10-20-22-16(12-14-35-20)11-13-29-24(19)22/h5-11,13,26H,12,14H2,1-4H3,(H,31,32). The van der Waals surface area contributed by atoms with Gasteiger partial charge < -0.3 is 14.6 Å². The highest BCUT2D eigenvalue weighted by Crippen LogP contribution is 2.48. The Hall–Kier alpha value is -4.04.